The topological polar surface area (TPSA) is 0 Å². The van der Waals surface area contributed by atoms with Gasteiger partial charge in [-0.1, -0.05) is 67.9 Å². The Morgan fingerprint density at radius 2 is 1.76 bits per heavy atom. The molecule has 17 heavy (non-hydrogen) atoms. The molecule has 1 saturated carbocycles. The number of halogens is 1. The van der Waals surface area contributed by atoms with Crippen LogP contribution in [0.3, 0.4) is 0 Å². The predicted molar refractivity (Wildman–Crippen MR) is 79.1 cm³/mol. The van der Waals surface area contributed by atoms with Gasteiger partial charge in [-0.3, -0.25) is 0 Å². The molecule has 0 bridgehead atoms. The molecule has 0 saturated heterocycles. The third kappa shape index (κ3) is 2.76. The average molecular weight is 295 g/mol. The lowest BCUT2D eigenvalue weighted by molar-refractivity contribution is 0.492. The molecule has 1 aromatic carbocycles. The minimum atomic E-state index is 0.257. The molecule has 1 heteroatoms. The van der Waals surface area contributed by atoms with Crippen LogP contribution >= 0.6 is 15.9 Å². The van der Waals surface area contributed by atoms with E-state index in [4.69, 9.17) is 0 Å². The van der Waals surface area contributed by atoms with Gasteiger partial charge in [0.15, 0.2) is 0 Å². The Hall–Kier alpha value is -0.300. The summed E-state index contributed by atoms with van der Waals surface area (Å²) in [7, 11) is 0. The van der Waals surface area contributed by atoms with Crippen molar-refractivity contribution in [3.63, 3.8) is 0 Å². The van der Waals surface area contributed by atoms with Gasteiger partial charge in [0.1, 0.15) is 0 Å². The van der Waals surface area contributed by atoms with Gasteiger partial charge < -0.3 is 0 Å². The Labute approximate surface area is 114 Å². The van der Waals surface area contributed by atoms with Gasteiger partial charge in [-0.2, -0.15) is 0 Å². The highest BCUT2D eigenvalue weighted by Crippen LogP contribution is 2.43. The molecular formula is C16H23Br. The lowest BCUT2D eigenvalue weighted by atomic mass is 9.79. The van der Waals surface area contributed by atoms with Crippen LogP contribution in [0.25, 0.3) is 0 Å². The fourth-order valence-corrected chi connectivity index (χ4v) is 3.75. The summed E-state index contributed by atoms with van der Waals surface area (Å²) < 4.78 is 0. The SMILES string of the molecule is CC(C)(C)c1ccc(C2(C)CCC(Br)C2)cc1. The van der Waals surface area contributed by atoms with Crippen molar-refractivity contribution in [1.82, 2.24) is 0 Å². The van der Waals surface area contributed by atoms with E-state index in [1.54, 1.807) is 0 Å². The highest BCUT2D eigenvalue weighted by atomic mass is 79.9. The van der Waals surface area contributed by atoms with Crippen LogP contribution in [0.15, 0.2) is 24.3 Å². The van der Waals surface area contributed by atoms with Gasteiger partial charge in [0.25, 0.3) is 0 Å². The first kappa shape index (κ1) is 13.1. The summed E-state index contributed by atoms with van der Waals surface area (Å²) in [6, 6.07) is 9.29. The molecule has 2 atom stereocenters. The molecule has 0 N–H and O–H groups in total. The normalized spacial score (nSPS) is 29.6. The quantitative estimate of drug-likeness (QED) is 0.625. The molecular weight excluding hydrogens is 272 g/mol. The molecule has 94 valence electrons. The first-order valence-electron chi connectivity index (χ1n) is 6.56. The zero-order valence-corrected chi connectivity index (χ0v) is 13.0. The molecule has 2 rings (SSSR count). The number of hydrogen-bond donors (Lipinski definition) is 0. The van der Waals surface area contributed by atoms with Crippen LogP contribution in [-0.2, 0) is 10.8 Å². The van der Waals surface area contributed by atoms with Crippen LogP contribution in [0.2, 0.25) is 0 Å². The summed E-state index contributed by atoms with van der Waals surface area (Å²) in [6.45, 7) is 9.22. The number of rotatable bonds is 1. The molecule has 2 unspecified atom stereocenters. The van der Waals surface area contributed by atoms with E-state index in [2.05, 4.69) is 67.9 Å². The Kier molecular flexibility index (Phi) is 3.42. The first-order chi connectivity index (χ1) is 7.81. The Balaban J connectivity index is 2.24. The number of alkyl halides is 1. The summed E-state index contributed by atoms with van der Waals surface area (Å²) >= 11 is 3.76. The van der Waals surface area contributed by atoms with Crippen LogP contribution < -0.4 is 0 Å². The van der Waals surface area contributed by atoms with E-state index < -0.39 is 0 Å². The molecule has 1 aromatic rings. The van der Waals surface area contributed by atoms with Crippen LogP contribution in [-0.4, -0.2) is 4.83 Å². The first-order valence-corrected chi connectivity index (χ1v) is 7.48. The summed E-state index contributed by atoms with van der Waals surface area (Å²) in [5, 5.41) is 0. The van der Waals surface area contributed by atoms with E-state index in [1.807, 2.05) is 0 Å². The number of benzene rings is 1. The maximum atomic E-state index is 3.76. The molecule has 1 aliphatic rings. The Morgan fingerprint density at radius 3 is 2.18 bits per heavy atom. The van der Waals surface area contributed by atoms with Gasteiger partial charge in [-0.25, -0.2) is 0 Å². The van der Waals surface area contributed by atoms with Crippen molar-refractivity contribution >= 4 is 15.9 Å². The molecule has 0 spiro atoms. The van der Waals surface area contributed by atoms with Crippen molar-refractivity contribution in [1.29, 1.82) is 0 Å². The lowest BCUT2D eigenvalue weighted by Gasteiger charge is -2.26. The lowest BCUT2D eigenvalue weighted by Crippen LogP contribution is -2.18. The standard InChI is InChI=1S/C16H23Br/c1-15(2,3)12-5-7-13(8-6-12)16(4)10-9-14(17)11-16/h5-8,14H,9-11H2,1-4H3. The molecule has 0 aromatic heterocycles. The van der Waals surface area contributed by atoms with Crippen molar-refractivity contribution in [3.8, 4) is 0 Å². The highest BCUT2D eigenvalue weighted by Gasteiger charge is 2.35. The van der Waals surface area contributed by atoms with Crippen LogP contribution in [0.5, 0.6) is 0 Å². The molecule has 0 heterocycles. The summed E-state index contributed by atoms with van der Waals surface area (Å²) in [5.74, 6) is 0. The maximum absolute atomic E-state index is 3.76. The van der Waals surface area contributed by atoms with Crippen LogP contribution in [0, 0.1) is 0 Å². The van der Waals surface area contributed by atoms with Crippen molar-refractivity contribution in [2.45, 2.75) is 62.6 Å². The summed E-state index contributed by atoms with van der Waals surface area (Å²) in [4.78, 5) is 0.704. The minimum Gasteiger partial charge on any atom is -0.0890 e. The average Bonchev–Trinajstić information content (AvgIpc) is 2.59. The number of hydrogen-bond acceptors (Lipinski definition) is 0. The smallest absolute Gasteiger partial charge is 0.0154 e. The summed E-state index contributed by atoms with van der Waals surface area (Å²) in [6.07, 6.45) is 3.87. The highest BCUT2D eigenvalue weighted by molar-refractivity contribution is 9.09. The third-order valence-corrected chi connectivity index (χ3v) is 4.91. The Morgan fingerprint density at radius 1 is 1.18 bits per heavy atom. The van der Waals surface area contributed by atoms with Gasteiger partial charge in [-0.15, -0.1) is 0 Å². The van der Waals surface area contributed by atoms with E-state index in [0.717, 1.165) is 0 Å². The molecule has 0 amide bonds. The van der Waals surface area contributed by atoms with Crippen molar-refractivity contribution in [2.24, 2.45) is 0 Å². The predicted octanol–water partition coefficient (Wildman–Crippen LogP) is 5.19. The molecule has 0 aliphatic heterocycles. The second-order valence-electron chi connectivity index (χ2n) is 6.73. The zero-order valence-electron chi connectivity index (χ0n) is 11.4. The van der Waals surface area contributed by atoms with E-state index >= 15 is 0 Å². The van der Waals surface area contributed by atoms with Gasteiger partial charge in [0.05, 0.1) is 0 Å². The van der Waals surface area contributed by atoms with Gasteiger partial charge >= 0.3 is 0 Å². The van der Waals surface area contributed by atoms with Crippen molar-refractivity contribution < 1.29 is 0 Å². The minimum absolute atomic E-state index is 0.257. The maximum Gasteiger partial charge on any atom is 0.0154 e. The van der Waals surface area contributed by atoms with Crippen LogP contribution in [0.4, 0.5) is 0 Å². The largest absolute Gasteiger partial charge is 0.0890 e. The van der Waals surface area contributed by atoms with E-state index in [1.165, 1.54) is 30.4 Å². The van der Waals surface area contributed by atoms with Crippen molar-refractivity contribution in [3.05, 3.63) is 35.4 Å². The fourth-order valence-electron chi connectivity index (χ4n) is 2.80. The van der Waals surface area contributed by atoms with Crippen LogP contribution in [0.1, 0.15) is 58.1 Å². The monoisotopic (exact) mass is 294 g/mol. The van der Waals surface area contributed by atoms with Gasteiger partial charge in [-0.05, 0) is 41.2 Å². The molecule has 1 fully saturated rings. The molecule has 0 nitrogen and oxygen atoms in total. The van der Waals surface area contributed by atoms with E-state index in [9.17, 15) is 0 Å². The second kappa shape index (κ2) is 4.42. The van der Waals surface area contributed by atoms with Gasteiger partial charge in [0, 0.05) is 4.83 Å². The van der Waals surface area contributed by atoms with E-state index in [-0.39, 0.29) is 5.41 Å². The second-order valence-corrected chi connectivity index (χ2v) is 8.02. The zero-order chi connectivity index (χ0) is 12.7. The Bertz CT molecular complexity index is 385. The van der Waals surface area contributed by atoms with Gasteiger partial charge in [0.2, 0.25) is 0 Å². The molecule has 0 radical (unpaired) electrons. The van der Waals surface area contributed by atoms with Crippen molar-refractivity contribution in [2.75, 3.05) is 0 Å². The fraction of sp³-hybridized carbons (Fsp3) is 0.625. The molecule has 1 aliphatic carbocycles. The summed E-state index contributed by atoms with van der Waals surface area (Å²) in [5.41, 5.74) is 3.57. The third-order valence-electron chi connectivity index (χ3n) is 4.13. The van der Waals surface area contributed by atoms with E-state index in [0.29, 0.717) is 10.2 Å².